The van der Waals surface area contributed by atoms with Gasteiger partial charge in [0, 0.05) is 45.6 Å². The first-order valence-corrected chi connectivity index (χ1v) is 8.65. The third-order valence-corrected chi connectivity index (χ3v) is 3.95. The molecule has 0 radical (unpaired) electrons. The van der Waals surface area contributed by atoms with E-state index in [2.05, 4.69) is 16.8 Å². The van der Waals surface area contributed by atoms with E-state index in [1.54, 1.807) is 0 Å². The highest BCUT2D eigenvalue weighted by molar-refractivity contribution is 5.78. The van der Waals surface area contributed by atoms with Crippen LogP contribution < -0.4 is 0 Å². The monoisotopic (exact) mass is 328 g/mol. The average molecular weight is 328 g/mol. The minimum Gasteiger partial charge on any atom is -0.379 e. The molecule has 134 valence electrons. The van der Waals surface area contributed by atoms with Crippen LogP contribution in [-0.4, -0.2) is 87.6 Å². The van der Waals surface area contributed by atoms with Crippen molar-refractivity contribution in [2.45, 2.75) is 32.6 Å². The van der Waals surface area contributed by atoms with Crippen molar-refractivity contribution in [3.05, 3.63) is 0 Å². The molecule has 0 aromatic heterocycles. The molecule has 23 heavy (non-hydrogen) atoms. The zero-order valence-corrected chi connectivity index (χ0v) is 14.7. The van der Waals surface area contributed by atoms with Crippen LogP contribution in [0, 0.1) is 0 Å². The Labute approximate surface area is 140 Å². The number of hydrogen-bond acceptors (Lipinski definition) is 6. The van der Waals surface area contributed by atoms with Gasteiger partial charge in [-0.2, -0.15) is 0 Å². The predicted molar refractivity (Wildman–Crippen MR) is 89.7 cm³/mol. The smallest absolute Gasteiger partial charge is 0.155 e. The van der Waals surface area contributed by atoms with Crippen molar-refractivity contribution in [1.82, 2.24) is 9.80 Å². The number of carbonyl (C=O) groups excluding carboxylic acids is 2. The Kier molecular flexibility index (Phi) is 11.1. The van der Waals surface area contributed by atoms with Crippen LogP contribution in [0.2, 0.25) is 0 Å². The van der Waals surface area contributed by atoms with Crippen molar-refractivity contribution < 1.29 is 19.1 Å². The van der Waals surface area contributed by atoms with E-state index in [1.807, 2.05) is 0 Å². The van der Waals surface area contributed by atoms with E-state index < -0.39 is 0 Å². The van der Waals surface area contributed by atoms with Gasteiger partial charge >= 0.3 is 0 Å². The van der Waals surface area contributed by atoms with E-state index >= 15 is 0 Å². The van der Waals surface area contributed by atoms with E-state index in [9.17, 15) is 9.59 Å². The molecule has 0 spiro atoms. The first kappa shape index (κ1) is 20.2. The molecular formula is C17H32N2O4. The number of nitrogens with zero attached hydrogens (tertiary/aromatic N) is 2. The fraction of sp³-hybridized carbons (Fsp3) is 0.882. The summed E-state index contributed by atoms with van der Waals surface area (Å²) in [5.41, 5.74) is 0. The average Bonchev–Trinajstić information content (AvgIpc) is 2.51. The quantitative estimate of drug-likeness (QED) is 0.470. The largest absolute Gasteiger partial charge is 0.379 e. The Morgan fingerprint density at radius 3 is 2.26 bits per heavy atom. The zero-order valence-electron chi connectivity index (χ0n) is 14.7. The van der Waals surface area contributed by atoms with Gasteiger partial charge in [0.2, 0.25) is 0 Å². The minimum absolute atomic E-state index is 0.0205. The van der Waals surface area contributed by atoms with Gasteiger partial charge in [0.15, 0.2) is 5.78 Å². The molecule has 0 aromatic carbocycles. The number of likely N-dealkylation sites (N-methyl/N-ethyl adjacent to an activating group) is 1. The van der Waals surface area contributed by atoms with Crippen LogP contribution in [0.3, 0.4) is 0 Å². The van der Waals surface area contributed by atoms with Crippen molar-refractivity contribution in [1.29, 1.82) is 0 Å². The van der Waals surface area contributed by atoms with Gasteiger partial charge in [0.25, 0.3) is 0 Å². The number of piperazine rings is 1. The summed E-state index contributed by atoms with van der Waals surface area (Å²) in [5.74, 6) is 0.350. The molecule has 1 saturated heterocycles. The van der Waals surface area contributed by atoms with Gasteiger partial charge in [-0.3, -0.25) is 9.59 Å². The van der Waals surface area contributed by atoms with Crippen molar-refractivity contribution >= 4 is 11.6 Å². The standard InChI is InChI=1S/C17H32N2O4/c1-16(20)15-23-14-13-22-12-4-6-17(21)5-3-7-19-10-8-18(2)9-11-19/h3-15H2,1-2H3. The summed E-state index contributed by atoms with van der Waals surface area (Å²) >= 11 is 0. The number of carbonyl (C=O) groups is 2. The molecule has 6 nitrogen and oxygen atoms in total. The van der Waals surface area contributed by atoms with Gasteiger partial charge in [-0.25, -0.2) is 0 Å². The highest BCUT2D eigenvalue weighted by Gasteiger charge is 2.13. The Morgan fingerprint density at radius 1 is 0.913 bits per heavy atom. The summed E-state index contributed by atoms with van der Waals surface area (Å²) in [6.45, 7) is 8.64. The number of hydrogen-bond donors (Lipinski definition) is 0. The predicted octanol–water partition coefficient (Wildman–Crippen LogP) is 0.986. The molecule has 1 aliphatic rings. The fourth-order valence-corrected chi connectivity index (χ4v) is 2.50. The van der Waals surface area contributed by atoms with E-state index in [0.29, 0.717) is 38.4 Å². The lowest BCUT2D eigenvalue weighted by Crippen LogP contribution is -2.44. The van der Waals surface area contributed by atoms with Crippen LogP contribution in [-0.2, 0) is 19.1 Å². The van der Waals surface area contributed by atoms with Gasteiger partial charge in [0.1, 0.15) is 12.4 Å². The molecule has 6 heteroatoms. The van der Waals surface area contributed by atoms with Crippen LogP contribution in [0.25, 0.3) is 0 Å². The molecule has 1 heterocycles. The second-order valence-electron chi connectivity index (χ2n) is 6.26. The van der Waals surface area contributed by atoms with Gasteiger partial charge in [0.05, 0.1) is 13.2 Å². The molecule has 0 atom stereocenters. The lowest BCUT2D eigenvalue weighted by molar-refractivity contribution is -0.122. The molecule has 0 aromatic rings. The molecule has 1 rings (SSSR count). The molecule has 0 unspecified atom stereocenters. The normalized spacial score (nSPS) is 16.6. The Balaban J connectivity index is 1.86. The van der Waals surface area contributed by atoms with E-state index in [-0.39, 0.29) is 12.4 Å². The molecular weight excluding hydrogens is 296 g/mol. The fourth-order valence-electron chi connectivity index (χ4n) is 2.50. The number of Topliss-reactive ketones (excluding diaryl/α,β-unsaturated/α-hetero) is 2. The van der Waals surface area contributed by atoms with Crippen LogP contribution in [0.4, 0.5) is 0 Å². The third kappa shape index (κ3) is 11.4. The van der Waals surface area contributed by atoms with Crippen molar-refractivity contribution in [2.24, 2.45) is 0 Å². The summed E-state index contributed by atoms with van der Waals surface area (Å²) in [6.07, 6.45) is 2.99. The van der Waals surface area contributed by atoms with Crippen LogP contribution in [0.5, 0.6) is 0 Å². The highest BCUT2D eigenvalue weighted by atomic mass is 16.5. The Bertz CT molecular complexity index is 341. The maximum absolute atomic E-state index is 11.8. The topological polar surface area (TPSA) is 59.1 Å². The summed E-state index contributed by atoms with van der Waals surface area (Å²) < 4.78 is 10.5. The van der Waals surface area contributed by atoms with Crippen LogP contribution in [0.15, 0.2) is 0 Å². The van der Waals surface area contributed by atoms with Crippen LogP contribution >= 0.6 is 0 Å². The van der Waals surface area contributed by atoms with Gasteiger partial charge in [-0.15, -0.1) is 0 Å². The Hall–Kier alpha value is -0.820. The third-order valence-electron chi connectivity index (χ3n) is 3.95. The molecule has 0 aliphatic carbocycles. The van der Waals surface area contributed by atoms with Crippen LogP contribution in [0.1, 0.15) is 32.6 Å². The van der Waals surface area contributed by atoms with Crippen molar-refractivity contribution in [2.75, 3.05) is 66.2 Å². The maximum atomic E-state index is 11.8. The first-order chi connectivity index (χ1) is 11.1. The first-order valence-electron chi connectivity index (χ1n) is 8.65. The summed E-state index contributed by atoms with van der Waals surface area (Å²) in [5, 5.41) is 0. The molecule has 0 bridgehead atoms. The van der Waals surface area contributed by atoms with Gasteiger partial charge in [-0.05, 0) is 33.4 Å². The molecule has 0 amide bonds. The number of rotatable bonds is 13. The zero-order chi connectivity index (χ0) is 16.9. The number of ketones is 2. The summed E-state index contributed by atoms with van der Waals surface area (Å²) in [4.78, 5) is 27.2. The summed E-state index contributed by atoms with van der Waals surface area (Å²) in [7, 11) is 2.15. The van der Waals surface area contributed by atoms with E-state index in [1.165, 1.54) is 6.92 Å². The second kappa shape index (κ2) is 12.6. The second-order valence-corrected chi connectivity index (χ2v) is 6.26. The lowest BCUT2D eigenvalue weighted by atomic mass is 10.1. The Morgan fingerprint density at radius 2 is 1.57 bits per heavy atom. The maximum Gasteiger partial charge on any atom is 0.155 e. The SMILES string of the molecule is CC(=O)COCCOCCCC(=O)CCCN1CCN(C)CC1. The van der Waals surface area contributed by atoms with Crippen molar-refractivity contribution in [3.8, 4) is 0 Å². The van der Waals surface area contributed by atoms with E-state index in [0.717, 1.165) is 45.6 Å². The van der Waals surface area contributed by atoms with Gasteiger partial charge < -0.3 is 19.3 Å². The molecule has 1 aliphatic heterocycles. The van der Waals surface area contributed by atoms with Crippen molar-refractivity contribution in [3.63, 3.8) is 0 Å². The summed E-state index contributed by atoms with van der Waals surface area (Å²) in [6, 6.07) is 0. The highest BCUT2D eigenvalue weighted by Crippen LogP contribution is 2.04. The minimum atomic E-state index is 0.0205. The molecule has 1 fully saturated rings. The number of ether oxygens (including phenoxy) is 2. The molecule has 0 saturated carbocycles. The van der Waals surface area contributed by atoms with Gasteiger partial charge in [-0.1, -0.05) is 0 Å². The molecule has 0 N–H and O–H groups in total. The lowest BCUT2D eigenvalue weighted by Gasteiger charge is -2.32. The van der Waals surface area contributed by atoms with E-state index in [4.69, 9.17) is 9.47 Å².